The van der Waals surface area contributed by atoms with E-state index in [1.807, 2.05) is 66.7 Å². The summed E-state index contributed by atoms with van der Waals surface area (Å²) in [6.07, 6.45) is 0. The summed E-state index contributed by atoms with van der Waals surface area (Å²) < 4.78 is 12.9. The molecule has 6 nitrogen and oxygen atoms in total. The lowest BCUT2D eigenvalue weighted by Gasteiger charge is -2.23. The third-order valence-electron chi connectivity index (χ3n) is 5.03. The summed E-state index contributed by atoms with van der Waals surface area (Å²) in [4.78, 5) is 0. The van der Waals surface area contributed by atoms with Gasteiger partial charge in [0, 0.05) is 5.02 Å². The van der Waals surface area contributed by atoms with Crippen LogP contribution in [0.5, 0.6) is 11.5 Å². The molecule has 0 fully saturated rings. The molecule has 0 radical (unpaired) electrons. The number of ether oxygens (including phenoxy) is 2. The van der Waals surface area contributed by atoms with Crippen molar-refractivity contribution in [1.82, 2.24) is 14.9 Å². The van der Waals surface area contributed by atoms with Crippen LogP contribution in [-0.2, 0) is 6.61 Å². The van der Waals surface area contributed by atoms with Crippen LogP contribution >= 0.6 is 23.4 Å². The molecule has 8 heteroatoms. The van der Waals surface area contributed by atoms with E-state index in [1.54, 1.807) is 23.5 Å². The third-order valence-corrected chi connectivity index (χ3v) is 6.47. The van der Waals surface area contributed by atoms with Crippen molar-refractivity contribution < 1.29 is 9.47 Å². The second-order valence-corrected chi connectivity index (χ2v) is 8.58. The van der Waals surface area contributed by atoms with E-state index in [-0.39, 0.29) is 11.9 Å². The van der Waals surface area contributed by atoms with Crippen molar-refractivity contribution in [2.75, 3.05) is 7.11 Å². The summed E-state index contributed by atoms with van der Waals surface area (Å²) in [5, 5.41) is 15.0. The number of halogens is 1. The summed E-state index contributed by atoms with van der Waals surface area (Å²) >= 11 is 7.72. The maximum Gasteiger partial charge on any atom is 0.213 e. The second-order valence-electron chi connectivity index (χ2n) is 7.08. The normalized spacial score (nSPS) is 15.1. The largest absolute Gasteiger partial charge is 0.497 e. The monoisotopic (exact) mass is 462 g/mol. The van der Waals surface area contributed by atoms with Gasteiger partial charge in [-0.25, -0.2) is 0 Å². The van der Waals surface area contributed by atoms with Crippen molar-refractivity contribution in [2.45, 2.75) is 17.0 Å². The molecule has 0 saturated carbocycles. The minimum absolute atomic E-state index is 0.0262. The van der Waals surface area contributed by atoms with Gasteiger partial charge in [-0.3, -0.25) is 0 Å². The number of hydrogen-bond acceptors (Lipinski definition) is 6. The van der Waals surface area contributed by atoms with E-state index in [0.29, 0.717) is 10.8 Å². The first kappa shape index (κ1) is 20.6. The van der Waals surface area contributed by atoms with E-state index in [1.165, 1.54) is 0 Å². The van der Waals surface area contributed by atoms with Gasteiger partial charge in [-0.05, 0) is 47.5 Å². The van der Waals surface area contributed by atoms with Crippen LogP contribution in [0.25, 0.3) is 0 Å². The Hall–Kier alpha value is -3.29. The van der Waals surface area contributed by atoms with Crippen LogP contribution in [0.15, 0.2) is 89.1 Å². The number of methoxy groups -OCH3 is 1. The fourth-order valence-corrected chi connectivity index (χ4v) is 4.64. The van der Waals surface area contributed by atoms with Gasteiger partial charge in [-0.2, -0.15) is 9.78 Å². The molecular formula is C24H19ClN4O2S. The van der Waals surface area contributed by atoms with Crippen LogP contribution < -0.4 is 9.47 Å². The van der Waals surface area contributed by atoms with Crippen LogP contribution in [0.4, 0.5) is 0 Å². The molecule has 0 spiro atoms. The average Bonchev–Trinajstić information content (AvgIpc) is 3.25. The van der Waals surface area contributed by atoms with Gasteiger partial charge in [0.05, 0.1) is 18.1 Å². The molecule has 0 unspecified atom stereocenters. The Bertz CT molecular complexity index is 1240. The predicted octanol–water partition coefficient (Wildman–Crippen LogP) is 5.62. The predicted molar refractivity (Wildman–Crippen MR) is 126 cm³/mol. The summed E-state index contributed by atoms with van der Waals surface area (Å²) in [7, 11) is 1.63. The molecule has 0 amide bonds. The van der Waals surface area contributed by atoms with Gasteiger partial charge >= 0.3 is 0 Å². The molecule has 1 aliphatic heterocycles. The van der Waals surface area contributed by atoms with Gasteiger partial charge in [0.2, 0.25) is 5.16 Å². The fraction of sp³-hybridized carbons (Fsp3) is 0.125. The smallest absolute Gasteiger partial charge is 0.213 e. The van der Waals surface area contributed by atoms with E-state index >= 15 is 0 Å². The number of nitrogens with zero attached hydrogens (tertiary/aromatic N) is 4. The van der Waals surface area contributed by atoms with Crippen molar-refractivity contribution in [3.8, 4) is 11.5 Å². The molecule has 3 aromatic carbocycles. The summed E-state index contributed by atoms with van der Waals surface area (Å²) in [6, 6.07) is 25.4. The molecule has 160 valence electrons. The number of rotatable bonds is 6. The SMILES string of the molecule is COc1ccc(OCc2nnc3n2N=C(c2ccccc2)[C@H](c2ccc(Cl)cc2)S3)cc1. The first-order valence-corrected chi connectivity index (χ1v) is 11.2. The van der Waals surface area contributed by atoms with Crippen molar-refractivity contribution in [1.29, 1.82) is 0 Å². The number of fused-ring (bicyclic) bond motifs is 1. The van der Waals surface area contributed by atoms with Crippen molar-refractivity contribution >= 4 is 29.1 Å². The molecule has 2 heterocycles. The number of benzene rings is 3. The third kappa shape index (κ3) is 4.22. The molecule has 1 aromatic heterocycles. The van der Waals surface area contributed by atoms with Crippen LogP contribution in [-0.4, -0.2) is 27.7 Å². The summed E-state index contributed by atoms with van der Waals surface area (Å²) in [5.41, 5.74) is 3.07. The molecule has 5 rings (SSSR count). The van der Waals surface area contributed by atoms with Crippen LogP contribution in [0.2, 0.25) is 5.02 Å². The summed E-state index contributed by atoms with van der Waals surface area (Å²) in [6.45, 7) is 0.247. The molecule has 0 bridgehead atoms. The van der Waals surface area contributed by atoms with E-state index < -0.39 is 0 Å². The Morgan fingerprint density at radius 3 is 2.34 bits per heavy atom. The summed E-state index contributed by atoms with van der Waals surface area (Å²) in [5.74, 6) is 2.13. The lowest BCUT2D eigenvalue weighted by atomic mass is 10.0. The van der Waals surface area contributed by atoms with Crippen molar-refractivity contribution in [2.24, 2.45) is 5.10 Å². The highest BCUT2D eigenvalue weighted by molar-refractivity contribution is 8.00. The maximum atomic E-state index is 6.11. The molecule has 4 aromatic rings. The molecule has 1 atom stereocenters. The quantitative estimate of drug-likeness (QED) is 0.372. The Morgan fingerprint density at radius 1 is 0.906 bits per heavy atom. The van der Waals surface area contributed by atoms with Crippen molar-refractivity contribution in [3.05, 3.63) is 101 Å². The standard InChI is InChI=1S/C24H19ClN4O2S/c1-30-19-11-13-20(14-12-19)31-15-21-26-27-24-29(21)28-22(16-5-3-2-4-6-16)23(32-24)17-7-9-18(25)10-8-17/h2-14,23H,15H2,1H3/t23-/m0/s1. The highest BCUT2D eigenvalue weighted by Crippen LogP contribution is 2.41. The average molecular weight is 463 g/mol. The molecule has 0 aliphatic carbocycles. The Kier molecular flexibility index (Phi) is 5.83. The zero-order valence-corrected chi connectivity index (χ0v) is 18.8. The Morgan fingerprint density at radius 2 is 1.62 bits per heavy atom. The number of hydrogen-bond donors (Lipinski definition) is 0. The molecule has 1 aliphatic rings. The zero-order valence-electron chi connectivity index (χ0n) is 17.2. The van der Waals surface area contributed by atoms with Crippen LogP contribution in [0.1, 0.15) is 22.2 Å². The highest BCUT2D eigenvalue weighted by Gasteiger charge is 2.30. The minimum atomic E-state index is -0.0262. The minimum Gasteiger partial charge on any atom is -0.497 e. The molecular weight excluding hydrogens is 444 g/mol. The zero-order chi connectivity index (χ0) is 21.9. The van der Waals surface area contributed by atoms with Gasteiger partial charge in [0.25, 0.3) is 0 Å². The highest BCUT2D eigenvalue weighted by atomic mass is 35.5. The topological polar surface area (TPSA) is 61.5 Å². The van der Waals surface area contributed by atoms with E-state index in [9.17, 15) is 0 Å². The lowest BCUT2D eigenvalue weighted by Crippen LogP contribution is -2.19. The fourth-order valence-electron chi connectivity index (χ4n) is 3.38. The van der Waals surface area contributed by atoms with Gasteiger partial charge in [-0.1, -0.05) is 65.8 Å². The van der Waals surface area contributed by atoms with Crippen LogP contribution in [0.3, 0.4) is 0 Å². The van der Waals surface area contributed by atoms with Gasteiger partial charge in [0.1, 0.15) is 18.1 Å². The van der Waals surface area contributed by atoms with Gasteiger partial charge in [0.15, 0.2) is 5.82 Å². The number of aromatic nitrogens is 3. The maximum absolute atomic E-state index is 6.11. The molecule has 32 heavy (non-hydrogen) atoms. The van der Waals surface area contributed by atoms with E-state index in [0.717, 1.165) is 33.5 Å². The second kappa shape index (κ2) is 9.06. The Labute approximate surface area is 194 Å². The first-order valence-electron chi connectivity index (χ1n) is 9.99. The van der Waals surface area contributed by atoms with E-state index in [2.05, 4.69) is 22.3 Å². The van der Waals surface area contributed by atoms with Crippen molar-refractivity contribution in [3.63, 3.8) is 0 Å². The van der Waals surface area contributed by atoms with Gasteiger partial charge in [-0.15, -0.1) is 10.2 Å². The first-order chi connectivity index (χ1) is 15.7. The molecule has 0 saturated heterocycles. The lowest BCUT2D eigenvalue weighted by molar-refractivity contribution is 0.289. The van der Waals surface area contributed by atoms with E-state index in [4.69, 9.17) is 26.2 Å². The molecule has 0 N–H and O–H groups in total. The van der Waals surface area contributed by atoms with Gasteiger partial charge < -0.3 is 9.47 Å². The Balaban J connectivity index is 1.47. The van der Waals surface area contributed by atoms with Crippen LogP contribution in [0, 0.1) is 0 Å². The number of thioether (sulfide) groups is 1.